The van der Waals surface area contributed by atoms with E-state index in [2.05, 4.69) is 30.6 Å². The van der Waals surface area contributed by atoms with Crippen LogP contribution in [0.25, 0.3) is 0 Å². The molecule has 2 amide bonds. The summed E-state index contributed by atoms with van der Waals surface area (Å²) in [5.41, 5.74) is 0.102. The average Bonchev–Trinajstić information content (AvgIpc) is 2.99. The van der Waals surface area contributed by atoms with E-state index in [-0.39, 0.29) is 36.1 Å². The van der Waals surface area contributed by atoms with Gasteiger partial charge in [0.1, 0.15) is 0 Å². The summed E-state index contributed by atoms with van der Waals surface area (Å²) < 4.78 is 0. The van der Waals surface area contributed by atoms with E-state index in [1.807, 2.05) is 22.8 Å². The normalized spacial score (nSPS) is 27.5. The van der Waals surface area contributed by atoms with Gasteiger partial charge in [-0.15, -0.1) is 11.3 Å². The van der Waals surface area contributed by atoms with Crippen LogP contribution >= 0.6 is 11.3 Å². The van der Waals surface area contributed by atoms with Gasteiger partial charge in [0.15, 0.2) is 0 Å². The molecule has 6 nitrogen and oxygen atoms in total. The highest BCUT2D eigenvalue weighted by Gasteiger charge is 2.50. The number of nitrogens with zero attached hydrogens (tertiary/aromatic N) is 2. The fraction of sp³-hybridized carbons (Fsp3) is 0.667. The minimum atomic E-state index is -0.795. The number of amides is 2. The monoisotopic (exact) mass is 365 g/mol. The third-order valence-electron chi connectivity index (χ3n) is 5.41. The van der Waals surface area contributed by atoms with Crippen LogP contribution in [0.15, 0.2) is 17.5 Å². The van der Waals surface area contributed by atoms with Crippen molar-refractivity contribution in [3.63, 3.8) is 0 Å². The molecule has 0 spiro atoms. The zero-order chi connectivity index (χ0) is 18.2. The van der Waals surface area contributed by atoms with E-state index >= 15 is 0 Å². The van der Waals surface area contributed by atoms with Gasteiger partial charge in [0.25, 0.3) is 0 Å². The summed E-state index contributed by atoms with van der Waals surface area (Å²) in [7, 11) is 0. The number of nitrogens with one attached hydrogen (secondary N) is 1. The fourth-order valence-electron chi connectivity index (χ4n) is 4.04. The highest BCUT2D eigenvalue weighted by Crippen LogP contribution is 2.49. The highest BCUT2D eigenvalue weighted by molar-refractivity contribution is 7.10. The quantitative estimate of drug-likeness (QED) is 0.813. The molecule has 0 radical (unpaired) electrons. The molecule has 1 atom stereocenters. The largest absolute Gasteiger partial charge is 0.480 e. The van der Waals surface area contributed by atoms with Crippen molar-refractivity contribution >= 4 is 23.3 Å². The topological polar surface area (TPSA) is 72.9 Å². The maximum atomic E-state index is 12.7. The predicted octanol–water partition coefficient (Wildman–Crippen LogP) is 2.78. The number of aliphatic carboxylic acids is 1. The van der Waals surface area contributed by atoms with Gasteiger partial charge in [-0.1, -0.05) is 26.8 Å². The standard InChI is InChI=1S/C18H27N3O3S/c1-4-20(10-15(22)23)13-8-12(9-13)19-17(24)21-11-18(2,3)16(21)14-6-5-7-25-14/h5-7,12-13,16H,4,8-11H2,1-3H3,(H,19,24)(H,22,23). The maximum absolute atomic E-state index is 12.7. The zero-order valence-corrected chi connectivity index (χ0v) is 15.9. The Kier molecular flexibility index (Phi) is 5.06. The number of rotatable bonds is 6. The van der Waals surface area contributed by atoms with E-state index in [0.29, 0.717) is 0 Å². The molecule has 1 saturated heterocycles. The Morgan fingerprint density at radius 1 is 1.44 bits per heavy atom. The lowest BCUT2D eigenvalue weighted by Gasteiger charge is -2.54. The second-order valence-corrected chi connectivity index (χ2v) is 8.74. The molecule has 3 rings (SSSR count). The zero-order valence-electron chi connectivity index (χ0n) is 15.1. The number of carboxylic acid groups (broad SMARTS) is 1. The van der Waals surface area contributed by atoms with Gasteiger partial charge >= 0.3 is 12.0 Å². The fourth-order valence-corrected chi connectivity index (χ4v) is 5.08. The van der Waals surface area contributed by atoms with Crippen LogP contribution in [0.4, 0.5) is 4.79 Å². The van der Waals surface area contributed by atoms with Gasteiger partial charge in [-0.05, 0) is 30.8 Å². The van der Waals surface area contributed by atoms with Gasteiger partial charge in [-0.3, -0.25) is 9.69 Å². The summed E-state index contributed by atoms with van der Waals surface area (Å²) in [6.07, 6.45) is 1.65. The molecule has 7 heteroatoms. The minimum absolute atomic E-state index is 0.00228. The first-order chi connectivity index (χ1) is 11.8. The molecular formula is C18H27N3O3S. The summed E-state index contributed by atoms with van der Waals surface area (Å²) in [6.45, 7) is 7.93. The lowest BCUT2D eigenvalue weighted by atomic mass is 9.74. The Morgan fingerprint density at radius 2 is 2.16 bits per heavy atom. The van der Waals surface area contributed by atoms with Crippen molar-refractivity contribution in [3.8, 4) is 0 Å². The molecular weight excluding hydrogens is 338 g/mol. The summed E-state index contributed by atoms with van der Waals surface area (Å²) in [4.78, 5) is 28.7. The van der Waals surface area contributed by atoms with Crippen molar-refractivity contribution in [2.24, 2.45) is 5.41 Å². The molecule has 1 saturated carbocycles. The number of thiophene rings is 1. The van der Waals surface area contributed by atoms with Gasteiger partial charge in [0, 0.05) is 28.9 Å². The number of carboxylic acids is 1. The number of urea groups is 1. The van der Waals surface area contributed by atoms with Gasteiger partial charge in [0.05, 0.1) is 12.6 Å². The molecule has 1 aliphatic carbocycles. The first kappa shape index (κ1) is 18.2. The van der Waals surface area contributed by atoms with Crippen molar-refractivity contribution in [1.82, 2.24) is 15.1 Å². The van der Waals surface area contributed by atoms with Crippen LogP contribution < -0.4 is 5.32 Å². The molecule has 2 heterocycles. The molecule has 2 N–H and O–H groups in total. The summed E-state index contributed by atoms with van der Waals surface area (Å²) in [6, 6.07) is 4.68. The van der Waals surface area contributed by atoms with Crippen LogP contribution in [0.3, 0.4) is 0 Å². The number of likely N-dealkylation sites (tertiary alicyclic amines) is 1. The lowest BCUT2D eigenvalue weighted by molar-refractivity contribution is -0.139. The third-order valence-corrected chi connectivity index (χ3v) is 6.33. The van der Waals surface area contributed by atoms with Crippen LogP contribution in [0.1, 0.15) is 44.5 Å². The van der Waals surface area contributed by atoms with Crippen molar-refractivity contribution in [2.45, 2.75) is 51.7 Å². The third kappa shape index (κ3) is 3.67. The lowest BCUT2D eigenvalue weighted by Crippen LogP contribution is -2.63. The first-order valence-corrected chi connectivity index (χ1v) is 9.76. The first-order valence-electron chi connectivity index (χ1n) is 8.88. The molecule has 1 aliphatic heterocycles. The number of hydrogen-bond acceptors (Lipinski definition) is 4. The molecule has 1 unspecified atom stereocenters. The van der Waals surface area contributed by atoms with Gasteiger partial charge in [-0.25, -0.2) is 4.79 Å². The Morgan fingerprint density at radius 3 is 2.68 bits per heavy atom. The van der Waals surface area contributed by atoms with E-state index in [1.54, 1.807) is 11.3 Å². The van der Waals surface area contributed by atoms with Gasteiger partial charge in [0.2, 0.25) is 0 Å². The smallest absolute Gasteiger partial charge is 0.318 e. The number of carbonyl (C=O) groups is 2. The van der Waals surface area contributed by atoms with Crippen LogP contribution in [0, 0.1) is 5.41 Å². The SMILES string of the molecule is CCN(CC(=O)O)C1CC(NC(=O)N2CC(C)(C)C2c2cccs2)C1. The van der Waals surface area contributed by atoms with Crippen molar-refractivity contribution in [3.05, 3.63) is 22.4 Å². The number of hydrogen-bond donors (Lipinski definition) is 2. The van der Waals surface area contributed by atoms with E-state index < -0.39 is 5.97 Å². The summed E-state index contributed by atoms with van der Waals surface area (Å²) in [5, 5.41) is 14.1. The molecule has 25 heavy (non-hydrogen) atoms. The molecule has 2 fully saturated rings. The van der Waals surface area contributed by atoms with E-state index in [4.69, 9.17) is 5.11 Å². The van der Waals surface area contributed by atoms with Crippen molar-refractivity contribution < 1.29 is 14.7 Å². The maximum Gasteiger partial charge on any atom is 0.318 e. The number of likely N-dealkylation sites (N-methyl/N-ethyl adjacent to an activating group) is 1. The van der Waals surface area contributed by atoms with Crippen LogP contribution in [-0.2, 0) is 4.79 Å². The van der Waals surface area contributed by atoms with Gasteiger partial charge in [-0.2, -0.15) is 0 Å². The molecule has 1 aromatic heterocycles. The van der Waals surface area contributed by atoms with Crippen molar-refractivity contribution in [1.29, 1.82) is 0 Å². The van der Waals surface area contributed by atoms with Crippen molar-refractivity contribution in [2.75, 3.05) is 19.6 Å². The molecule has 2 aliphatic rings. The second kappa shape index (κ2) is 6.96. The van der Waals surface area contributed by atoms with E-state index in [1.165, 1.54) is 4.88 Å². The average molecular weight is 365 g/mol. The minimum Gasteiger partial charge on any atom is -0.480 e. The van der Waals surface area contributed by atoms with Gasteiger partial charge < -0.3 is 15.3 Å². The van der Waals surface area contributed by atoms with Crippen LogP contribution in [0.5, 0.6) is 0 Å². The predicted molar refractivity (Wildman–Crippen MR) is 97.8 cm³/mol. The Labute approximate surface area is 152 Å². The van der Waals surface area contributed by atoms with E-state index in [9.17, 15) is 9.59 Å². The Balaban J connectivity index is 1.52. The molecule has 138 valence electrons. The number of carbonyl (C=O) groups excluding carboxylic acids is 1. The summed E-state index contributed by atoms with van der Waals surface area (Å²) in [5.74, 6) is -0.795. The molecule has 1 aromatic rings. The van der Waals surface area contributed by atoms with Crippen LogP contribution in [-0.4, -0.2) is 58.6 Å². The summed E-state index contributed by atoms with van der Waals surface area (Å²) >= 11 is 1.70. The molecule has 0 bridgehead atoms. The second-order valence-electron chi connectivity index (χ2n) is 7.76. The highest BCUT2D eigenvalue weighted by atomic mass is 32.1. The van der Waals surface area contributed by atoms with Crippen LogP contribution in [0.2, 0.25) is 0 Å². The van der Waals surface area contributed by atoms with E-state index in [0.717, 1.165) is 25.9 Å². The Hall–Kier alpha value is -1.60. The Bertz CT molecular complexity index is 626. The molecule has 0 aromatic carbocycles.